The Bertz CT molecular complexity index is 791. The summed E-state index contributed by atoms with van der Waals surface area (Å²) < 4.78 is 39.4. The van der Waals surface area contributed by atoms with Crippen LogP contribution in [-0.2, 0) is 9.59 Å². The zero-order chi connectivity index (χ0) is 17.1. The Morgan fingerprint density at radius 3 is 2.00 bits per heavy atom. The highest BCUT2D eigenvalue weighted by Crippen LogP contribution is 2.20. The van der Waals surface area contributed by atoms with Gasteiger partial charge in [-0.2, -0.15) is 0 Å². The molecule has 4 nitrogen and oxygen atoms in total. The highest BCUT2D eigenvalue weighted by Gasteiger charge is 2.19. The number of nitrogens with one attached hydrogen (secondary N) is 2. The second kappa shape index (κ2) is 6.51. The summed E-state index contributed by atoms with van der Waals surface area (Å²) in [6.45, 7) is 3.62. The van der Waals surface area contributed by atoms with Gasteiger partial charge in [0.2, 0.25) is 0 Å². The van der Waals surface area contributed by atoms with Crippen LogP contribution in [0.25, 0.3) is 0 Å². The highest BCUT2D eigenvalue weighted by atomic mass is 19.2. The zero-order valence-corrected chi connectivity index (χ0v) is 12.3. The molecule has 0 atom stereocenters. The van der Waals surface area contributed by atoms with Crippen molar-refractivity contribution in [2.75, 3.05) is 10.6 Å². The number of halogens is 3. The third-order valence-electron chi connectivity index (χ3n) is 3.12. The molecule has 0 aliphatic carbocycles. The molecular formula is C16H13F3N2O2. The Morgan fingerprint density at radius 1 is 0.826 bits per heavy atom. The molecule has 0 unspecified atom stereocenters. The number of benzene rings is 2. The van der Waals surface area contributed by atoms with Crippen molar-refractivity contribution in [3.63, 3.8) is 0 Å². The van der Waals surface area contributed by atoms with Gasteiger partial charge in [0.25, 0.3) is 0 Å². The van der Waals surface area contributed by atoms with E-state index in [9.17, 15) is 22.8 Å². The first-order valence-electron chi connectivity index (χ1n) is 6.62. The molecule has 0 saturated carbocycles. The van der Waals surface area contributed by atoms with Crippen molar-refractivity contribution in [2.24, 2.45) is 0 Å². The van der Waals surface area contributed by atoms with Gasteiger partial charge in [0.05, 0.1) is 5.69 Å². The van der Waals surface area contributed by atoms with Gasteiger partial charge in [-0.1, -0.05) is 17.7 Å². The van der Waals surface area contributed by atoms with Crippen LogP contribution in [0.5, 0.6) is 0 Å². The molecule has 0 radical (unpaired) electrons. The number of aryl methyl sites for hydroxylation is 2. The van der Waals surface area contributed by atoms with Crippen LogP contribution in [-0.4, -0.2) is 11.8 Å². The summed E-state index contributed by atoms with van der Waals surface area (Å²) in [6, 6.07) is 6.65. The molecule has 2 rings (SSSR count). The van der Waals surface area contributed by atoms with Gasteiger partial charge in [-0.15, -0.1) is 0 Å². The minimum absolute atomic E-state index is 0.418. The van der Waals surface area contributed by atoms with E-state index in [0.29, 0.717) is 11.8 Å². The van der Waals surface area contributed by atoms with Crippen LogP contribution in [0, 0.1) is 31.3 Å². The average molecular weight is 322 g/mol. The molecule has 2 amide bonds. The van der Waals surface area contributed by atoms with Gasteiger partial charge >= 0.3 is 11.8 Å². The largest absolute Gasteiger partial charge is 0.318 e. The second-order valence-electron chi connectivity index (χ2n) is 4.95. The molecule has 120 valence electrons. The number of anilines is 2. The molecule has 0 aromatic heterocycles. The summed E-state index contributed by atoms with van der Waals surface area (Å²) in [5, 5.41) is 4.26. The topological polar surface area (TPSA) is 58.2 Å². The Morgan fingerprint density at radius 2 is 1.39 bits per heavy atom. The van der Waals surface area contributed by atoms with E-state index in [2.05, 4.69) is 5.32 Å². The molecule has 23 heavy (non-hydrogen) atoms. The highest BCUT2D eigenvalue weighted by molar-refractivity contribution is 6.43. The molecule has 0 aliphatic rings. The van der Waals surface area contributed by atoms with E-state index in [1.54, 1.807) is 19.1 Å². The summed E-state index contributed by atoms with van der Waals surface area (Å²) in [5.74, 6) is -6.94. The Hall–Kier alpha value is -2.83. The van der Waals surface area contributed by atoms with E-state index >= 15 is 0 Å². The number of carbonyl (C=O) groups excluding carboxylic acids is 2. The minimum Gasteiger partial charge on any atom is -0.318 e. The summed E-state index contributed by atoms with van der Waals surface area (Å²) in [7, 11) is 0. The molecule has 0 bridgehead atoms. The lowest BCUT2D eigenvalue weighted by Crippen LogP contribution is -2.29. The van der Waals surface area contributed by atoms with Gasteiger partial charge in [0.15, 0.2) is 17.5 Å². The van der Waals surface area contributed by atoms with Crippen LogP contribution in [0.3, 0.4) is 0 Å². The normalized spacial score (nSPS) is 10.3. The third-order valence-corrected chi connectivity index (χ3v) is 3.12. The number of hydrogen-bond acceptors (Lipinski definition) is 2. The van der Waals surface area contributed by atoms with Crippen LogP contribution in [0.2, 0.25) is 0 Å². The monoisotopic (exact) mass is 322 g/mol. The lowest BCUT2D eigenvalue weighted by molar-refractivity contribution is -0.133. The van der Waals surface area contributed by atoms with Gasteiger partial charge in [-0.25, -0.2) is 13.2 Å². The molecule has 2 aromatic rings. The van der Waals surface area contributed by atoms with Gasteiger partial charge in [-0.05, 0) is 37.6 Å². The first-order valence-corrected chi connectivity index (χ1v) is 6.62. The lowest BCUT2D eigenvalue weighted by atomic mass is 10.1. The second-order valence-corrected chi connectivity index (χ2v) is 4.95. The standard InChI is InChI=1S/C16H13F3N2O2/c1-8-3-5-11(9(2)7-8)20-15(22)16(23)21-12-6-4-10(17)13(18)14(12)19/h3-7H,1-2H3,(H,20,22)(H,21,23). The Balaban J connectivity index is 2.12. The summed E-state index contributed by atoms with van der Waals surface area (Å²) in [6.07, 6.45) is 0. The average Bonchev–Trinajstić information content (AvgIpc) is 2.50. The van der Waals surface area contributed by atoms with E-state index in [-0.39, 0.29) is 0 Å². The van der Waals surface area contributed by atoms with Gasteiger partial charge in [-0.3, -0.25) is 9.59 Å². The molecule has 2 aromatic carbocycles. The molecule has 0 heterocycles. The third kappa shape index (κ3) is 3.68. The zero-order valence-electron chi connectivity index (χ0n) is 12.3. The predicted molar refractivity (Wildman–Crippen MR) is 79.5 cm³/mol. The SMILES string of the molecule is Cc1ccc(NC(=O)C(=O)Nc2ccc(F)c(F)c2F)c(C)c1. The molecule has 0 saturated heterocycles. The number of carbonyl (C=O) groups is 2. The number of rotatable bonds is 2. The van der Waals surface area contributed by atoms with Crippen molar-refractivity contribution in [3.05, 3.63) is 58.9 Å². The summed E-state index contributed by atoms with van der Waals surface area (Å²) >= 11 is 0. The van der Waals surface area contributed by atoms with Crippen molar-refractivity contribution in [2.45, 2.75) is 13.8 Å². The van der Waals surface area contributed by atoms with E-state index in [1.165, 1.54) is 0 Å². The van der Waals surface area contributed by atoms with Crippen LogP contribution >= 0.6 is 0 Å². The van der Waals surface area contributed by atoms with E-state index < -0.39 is 35.0 Å². The van der Waals surface area contributed by atoms with E-state index in [1.807, 2.05) is 18.3 Å². The maximum atomic E-state index is 13.5. The quantitative estimate of drug-likeness (QED) is 0.658. The maximum absolute atomic E-state index is 13.5. The first-order chi connectivity index (χ1) is 10.8. The first kappa shape index (κ1) is 16.5. The summed E-state index contributed by atoms with van der Waals surface area (Å²) in [4.78, 5) is 23.5. The lowest BCUT2D eigenvalue weighted by Gasteiger charge is -2.10. The smallest absolute Gasteiger partial charge is 0.314 e. The Kier molecular flexibility index (Phi) is 4.68. The van der Waals surface area contributed by atoms with E-state index in [0.717, 1.165) is 17.2 Å². The molecule has 0 fully saturated rings. The van der Waals surface area contributed by atoms with Crippen LogP contribution < -0.4 is 10.6 Å². The van der Waals surface area contributed by atoms with Gasteiger partial charge in [0.1, 0.15) is 0 Å². The van der Waals surface area contributed by atoms with Crippen molar-refractivity contribution in [1.29, 1.82) is 0 Å². The molecular weight excluding hydrogens is 309 g/mol. The van der Waals surface area contributed by atoms with Gasteiger partial charge < -0.3 is 10.6 Å². The predicted octanol–water partition coefficient (Wildman–Crippen LogP) is 3.30. The number of hydrogen-bond donors (Lipinski definition) is 2. The fourth-order valence-electron chi connectivity index (χ4n) is 1.93. The van der Waals surface area contributed by atoms with E-state index in [4.69, 9.17) is 0 Å². The fraction of sp³-hybridized carbons (Fsp3) is 0.125. The van der Waals surface area contributed by atoms with Crippen LogP contribution in [0.15, 0.2) is 30.3 Å². The Labute approximate surface area is 130 Å². The maximum Gasteiger partial charge on any atom is 0.314 e. The summed E-state index contributed by atoms with van der Waals surface area (Å²) in [5.41, 5.74) is 1.52. The van der Waals surface area contributed by atoms with Crippen molar-refractivity contribution < 1.29 is 22.8 Å². The fourth-order valence-corrected chi connectivity index (χ4v) is 1.93. The molecule has 0 aliphatic heterocycles. The van der Waals surface area contributed by atoms with Crippen molar-refractivity contribution >= 4 is 23.2 Å². The number of amides is 2. The molecule has 7 heteroatoms. The van der Waals surface area contributed by atoms with Gasteiger partial charge in [0, 0.05) is 5.69 Å². The molecule has 2 N–H and O–H groups in total. The van der Waals surface area contributed by atoms with Crippen molar-refractivity contribution in [3.8, 4) is 0 Å². The van der Waals surface area contributed by atoms with Crippen LogP contribution in [0.4, 0.5) is 24.5 Å². The minimum atomic E-state index is -1.72. The van der Waals surface area contributed by atoms with Crippen LogP contribution in [0.1, 0.15) is 11.1 Å². The van der Waals surface area contributed by atoms with Crippen molar-refractivity contribution in [1.82, 2.24) is 0 Å². The molecule has 0 spiro atoms.